The molecular formula is C10H8N2O3. The first kappa shape index (κ1) is 9.26. The molecule has 5 heteroatoms. The van der Waals surface area contributed by atoms with Crippen molar-refractivity contribution in [3.63, 3.8) is 0 Å². The summed E-state index contributed by atoms with van der Waals surface area (Å²) >= 11 is 0. The summed E-state index contributed by atoms with van der Waals surface area (Å²) in [7, 11) is 0. The number of benzene rings is 1. The van der Waals surface area contributed by atoms with Crippen molar-refractivity contribution in [2.45, 2.75) is 0 Å². The van der Waals surface area contributed by atoms with E-state index in [2.05, 4.69) is 9.97 Å². The molecule has 0 aliphatic heterocycles. The van der Waals surface area contributed by atoms with E-state index in [9.17, 15) is 9.90 Å². The molecule has 0 amide bonds. The molecule has 0 radical (unpaired) electrons. The maximum absolute atomic E-state index is 11.2. The van der Waals surface area contributed by atoms with Crippen LogP contribution in [0.3, 0.4) is 0 Å². The van der Waals surface area contributed by atoms with E-state index < -0.39 is 5.56 Å². The van der Waals surface area contributed by atoms with Crippen molar-refractivity contribution >= 4 is 0 Å². The molecule has 0 saturated carbocycles. The van der Waals surface area contributed by atoms with Crippen molar-refractivity contribution in [2.24, 2.45) is 0 Å². The summed E-state index contributed by atoms with van der Waals surface area (Å²) in [5.74, 6) is 0.377. The van der Waals surface area contributed by atoms with E-state index >= 15 is 0 Å². The van der Waals surface area contributed by atoms with Crippen molar-refractivity contribution in [2.75, 3.05) is 0 Å². The van der Waals surface area contributed by atoms with Crippen LogP contribution in [0.2, 0.25) is 0 Å². The third-order valence-electron chi connectivity index (χ3n) is 1.71. The molecule has 2 N–H and O–H groups in total. The van der Waals surface area contributed by atoms with E-state index in [1.807, 2.05) is 0 Å². The fourth-order valence-corrected chi connectivity index (χ4v) is 1.07. The van der Waals surface area contributed by atoms with Gasteiger partial charge in [0.25, 0.3) is 5.88 Å². The van der Waals surface area contributed by atoms with E-state index in [1.54, 1.807) is 12.1 Å². The average molecular weight is 204 g/mol. The van der Waals surface area contributed by atoms with Gasteiger partial charge in [-0.2, -0.15) is 0 Å². The fourth-order valence-electron chi connectivity index (χ4n) is 1.07. The number of phenolic OH excluding ortho intramolecular Hbond substituents is 1. The lowest BCUT2D eigenvalue weighted by Gasteiger charge is -2.02. The highest BCUT2D eigenvalue weighted by Crippen LogP contribution is 2.20. The number of aromatic amines is 1. The van der Waals surface area contributed by atoms with E-state index in [0.29, 0.717) is 5.75 Å². The summed E-state index contributed by atoms with van der Waals surface area (Å²) < 4.78 is 5.18. The summed E-state index contributed by atoms with van der Waals surface area (Å²) in [5.41, 5.74) is -0.416. The van der Waals surface area contributed by atoms with Gasteiger partial charge in [0.05, 0.1) is 0 Å². The Balaban J connectivity index is 2.30. The van der Waals surface area contributed by atoms with Crippen molar-refractivity contribution < 1.29 is 9.84 Å². The first-order chi connectivity index (χ1) is 7.25. The van der Waals surface area contributed by atoms with Crippen LogP contribution in [0, 0.1) is 0 Å². The normalized spacial score (nSPS) is 9.87. The highest BCUT2D eigenvalue weighted by molar-refractivity contribution is 5.33. The smallest absolute Gasteiger partial charge is 0.311 e. The van der Waals surface area contributed by atoms with Crippen molar-refractivity contribution in [3.05, 3.63) is 47.0 Å². The highest BCUT2D eigenvalue weighted by atomic mass is 16.5. The number of hydrogen-bond donors (Lipinski definition) is 2. The van der Waals surface area contributed by atoms with Gasteiger partial charge in [0, 0.05) is 18.5 Å². The molecule has 0 unspecified atom stereocenters. The Morgan fingerprint density at radius 3 is 3.00 bits per heavy atom. The number of rotatable bonds is 2. The molecule has 0 bridgehead atoms. The maximum Gasteiger partial charge on any atom is 0.311 e. The zero-order chi connectivity index (χ0) is 10.7. The van der Waals surface area contributed by atoms with E-state index in [-0.39, 0.29) is 11.6 Å². The molecule has 15 heavy (non-hydrogen) atoms. The second-order valence-electron chi connectivity index (χ2n) is 2.82. The number of ether oxygens (including phenoxy) is 1. The summed E-state index contributed by atoms with van der Waals surface area (Å²) in [4.78, 5) is 17.4. The second-order valence-corrected chi connectivity index (χ2v) is 2.82. The van der Waals surface area contributed by atoms with Gasteiger partial charge >= 0.3 is 5.56 Å². The van der Waals surface area contributed by atoms with Crippen LogP contribution in [0.25, 0.3) is 0 Å². The second kappa shape index (κ2) is 3.83. The molecule has 1 aromatic carbocycles. The van der Waals surface area contributed by atoms with Gasteiger partial charge in [0.15, 0.2) is 0 Å². The summed E-state index contributed by atoms with van der Waals surface area (Å²) in [6, 6.07) is 6.14. The first-order valence-electron chi connectivity index (χ1n) is 4.26. The summed E-state index contributed by atoms with van der Waals surface area (Å²) in [5, 5.41) is 9.17. The van der Waals surface area contributed by atoms with Crippen molar-refractivity contribution in [1.82, 2.24) is 9.97 Å². The van der Waals surface area contributed by atoms with Crippen LogP contribution in [0.1, 0.15) is 0 Å². The van der Waals surface area contributed by atoms with E-state index in [1.165, 1.54) is 24.5 Å². The number of hydrogen-bond acceptors (Lipinski definition) is 4. The Kier molecular flexibility index (Phi) is 2.37. The summed E-state index contributed by atoms with van der Waals surface area (Å²) in [6.07, 6.45) is 2.83. The summed E-state index contributed by atoms with van der Waals surface area (Å²) in [6.45, 7) is 0. The van der Waals surface area contributed by atoms with Crippen LogP contribution in [0.15, 0.2) is 41.5 Å². The molecule has 1 heterocycles. The number of phenols is 1. The van der Waals surface area contributed by atoms with Gasteiger partial charge in [0.2, 0.25) is 0 Å². The zero-order valence-corrected chi connectivity index (χ0v) is 7.68. The molecule has 0 saturated heterocycles. The fraction of sp³-hybridized carbons (Fsp3) is 0. The van der Waals surface area contributed by atoms with Gasteiger partial charge in [-0.05, 0) is 12.1 Å². The molecule has 0 atom stereocenters. The van der Waals surface area contributed by atoms with Crippen LogP contribution in [-0.2, 0) is 0 Å². The number of aromatic hydroxyl groups is 1. The van der Waals surface area contributed by atoms with E-state index in [0.717, 1.165) is 0 Å². The molecule has 5 nitrogen and oxygen atoms in total. The third-order valence-corrected chi connectivity index (χ3v) is 1.71. The van der Waals surface area contributed by atoms with Gasteiger partial charge in [-0.25, -0.2) is 4.98 Å². The Labute approximate surface area is 85.0 Å². The van der Waals surface area contributed by atoms with Crippen LogP contribution < -0.4 is 10.3 Å². The minimum Gasteiger partial charge on any atom is -0.508 e. The highest BCUT2D eigenvalue weighted by Gasteiger charge is 2.02. The molecule has 2 rings (SSSR count). The van der Waals surface area contributed by atoms with Crippen LogP contribution in [-0.4, -0.2) is 15.1 Å². The molecule has 2 aromatic rings. The molecule has 0 spiro atoms. The Morgan fingerprint density at radius 2 is 2.27 bits per heavy atom. The largest absolute Gasteiger partial charge is 0.508 e. The minimum absolute atomic E-state index is 0.0527. The maximum atomic E-state index is 11.2. The van der Waals surface area contributed by atoms with Crippen LogP contribution >= 0.6 is 0 Å². The van der Waals surface area contributed by atoms with Crippen LogP contribution in [0.5, 0.6) is 17.4 Å². The predicted molar refractivity (Wildman–Crippen MR) is 53.0 cm³/mol. The molecule has 0 fully saturated rings. The van der Waals surface area contributed by atoms with Gasteiger partial charge in [0.1, 0.15) is 11.5 Å². The minimum atomic E-state index is -0.416. The zero-order valence-electron chi connectivity index (χ0n) is 7.68. The number of nitrogens with zero attached hydrogens (tertiary/aromatic N) is 1. The van der Waals surface area contributed by atoms with Gasteiger partial charge in [-0.15, -0.1) is 0 Å². The monoisotopic (exact) mass is 204 g/mol. The van der Waals surface area contributed by atoms with Gasteiger partial charge in [-0.3, -0.25) is 4.79 Å². The molecule has 0 aliphatic rings. The van der Waals surface area contributed by atoms with Crippen LogP contribution in [0.4, 0.5) is 0 Å². The third kappa shape index (κ3) is 2.14. The van der Waals surface area contributed by atoms with Gasteiger partial charge in [-0.1, -0.05) is 6.07 Å². The lowest BCUT2D eigenvalue weighted by Crippen LogP contribution is -2.09. The first-order valence-corrected chi connectivity index (χ1v) is 4.26. The Hall–Kier alpha value is -2.30. The Bertz CT molecular complexity index is 522. The van der Waals surface area contributed by atoms with Gasteiger partial charge < -0.3 is 14.8 Å². The lowest BCUT2D eigenvalue weighted by molar-refractivity contribution is 0.440. The average Bonchev–Trinajstić information content (AvgIpc) is 2.22. The number of H-pyrrole nitrogens is 1. The molecule has 76 valence electrons. The molecule has 0 aliphatic carbocycles. The molecule has 1 aromatic heterocycles. The topological polar surface area (TPSA) is 75.2 Å². The van der Waals surface area contributed by atoms with Crippen molar-refractivity contribution in [1.29, 1.82) is 0 Å². The number of nitrogens with one attached hydrogen (secondary N) is 1. The lowest BCUT2D eigenvalue weighted by atomic mass is 10.3. The quantitative estimate of drug-likeness (QED) is 0.772. The van der Waals surface area contributed by atoms with E-state index in [4.69, 9.17) is 4.74 Å². The standard InChI is InChI=1S/C10H8N2O3/c13-7-2-1-3-8(6-7)15-10-9(14)11-4-5-12-10/h1-6,13H,(H,11,14). The number of aromatic nitrogens is 2. The van der Waals surface area contributed by atoms with Crippen molar-refractivity contribution in [3.8, 4) is 17.4 Å². The predicted octanol–water partition coefficient (Wildman–Crippen LogP) is 1.27. The SMILES string of the molecule is O=c1[nH]ccnc1Oc1cccc(O)c1. The Morgan fingerprint density at radius 1 is 1.40 bits per heavy atom. The molecular weight excluding hydrogens is 196 g/mol.